The maximum Gasteiger partial charge on any atom is 0.330 e. The lowest BCUT2D eigenvalue weighted by Crippen LogP contribution is -2.44. The van der Waals surface area contributed by atoms with E-state index in [2.05, 4.69) is 0 Å². The molecule has 0 saturated heterocycles. The summed E-state index contributed by atoms with van der Waals surface area (Å²) in [5.74, 6) is 5.87. The number of hydrogen-bond donors (Lipinski definition) is 1. The van der Waals surface area contributed by atoms with Gasteiger partial charge in [0.1, 0.15) is 0 Å². The van der Waals surface area contributed by atoms with Gasteiger partial charge in [-0.05, 0) is 31.5 Å². The molecule has 0 saturated carbocycles. The van der Waals surface area contributed by atoms with Gasteiger partial charge >= 0.3 is 5.97 Å². The second-order valence-corrected chi connectivity index (χ2v) is 7.65. The van der Waals surface area contributed by atoms with Crippen molar-refractivity contribution < 1.29 is 27.4 Å². The summed E-state index contributed by atoms with van der Waals surface area (Å²) in [5, 5.41) is 0. The van der Waals surface area contributed by atoms with Crippen molar-refractivity contribution in [2.45, 2.75) is 24.8 Å². The zero-order valence-corrected chi connectivity index (χ0v) is 15.7. The van der Waals surface area contributed by atoms with Gasteiger partial charge < -0.3 is 14.2 Å². The molecule has 0 amide bonds. The van der Waals surface area contributed by atoms with E-state index in [1.807, 2.05) is 0 Å². The molecular formula is C18H20N2O6S. The van der Waals surface area contributed by atoms with Crippen molar-refractivity contribution in [1.82, 2.24) is 4.41 Å². The second kappa shape index (κ2) is 7.55. The molecule has 0 radical (unpaired) electrons. The van der Waals surface area contributed by atoms with E-state index in [1.165, 1.54) is 6.07 Å². The van der Waals surface area contributed by atoms with E-state index in [0.717, 1.165) is 0 Å². The van der Waals surface area contributed by atoms with Gasteiger partial charge in [0.05, 0.1) is 11.5 Å². The van der Waals surface area contributed by atoms with E-state index in [1.54, 1.807) is 50.2 Å². The Balaban J connectivity index is 2.11. The van der Waals surface area contributed by atoms with Crippen LogP contribution in [-0.4, -0.2) is 32.2 Å². The molecular weight excluding hydrogens is 372 g/mol. The van der Waals surface area contributed by atoms with Crippen molar-refractivity contribution in [3.63, 3.8) is 0 Å². The van der Waals surface area contributed by atoms with Gasteiger partial charge in [-0.25, -0.2) is 13.2 Å². The Morgan fingerprint density at radius 3 is 2.67 bits per heavy atom. The summed E-state index contributed by atoms with van der Waals surface area (Å²) in [6, 6.07) is 9.80. The van der Waals surface area contributed by atoms with Gasteiger partial charge in [0.15, 0.2) is 17.5 Å². The highest BCUT2D eigenvalue weighted by molar-refractivity contribution is 7.89. The monoisotopic (exact) mass is 392 g/mol. The van der Waals surface area contributed by atoms with Crippen molar-refractivity contribution >= 4 is 16.0 Å². The number of aryl methyl sites for hydroxylation is 1. The zero-order valence-electron chi connectivity index (χ0n) is 14.9. The predicted octanol–water partition coefficient (Wildman–Crippen LogP) is 1.89. The molecule has 9 heteroatoms. The summed E-state index contributed by atoms with van der Waals surface area (Å²) in [4.78, 5) is 12.6. The Hall–Kier alpha value is -2.62. The van der Waals surface area contributed by atoms with Crippen LogP contribution >= 0.6 is 0 Å². The molecule has 27 heavy (non-hydrogen) atoms. The van der Waals surface area contributed by atoms with Crippen LogP contribution in [-0.2, 0) is 19.6 Å². The van der Waals surface area contributed by atoms with Crippen molar-refractivity contribution in [1.29, 1.82) is 0 Å². The topological polar surface area (TPSA) is 108 Å². The average molecular weight is 392 g/mol. The van der Waals surface area contributed by atoms with Crippen molar-refractivity contribution in [3.05, 3.63) is 53.6 Å². The molecule has 1 aliphatic heterocycles. The molecule has 1 atom stereocenters. The van der Waals surface area contributed by atoms with Crippen LogP contribution in [0.15, 0.2) is 47.4 Å². The first-order valence-corrected chi connectivity index (χ1v) is 9.71. The van der Waals surface area contributed by atoms with Crippen LogP contribution in [0.1, 0.15) is 24.1 Å². The Bertz CT molecular complexity index is 960. The number of ether oxygens (including phenoxy) is 3. The number of hydrogen-bond acceptors (Lipinski definition) is 7. The lowest BCUT2D eigenvalue weighted by molar-refractivity contribution is -0.148. The largest absolute Gasteiger partial charge is 0.464 e. The molecule has 0 aromatic heterocycles. The minimum atomic E-state index is -4.18. The number of carbonyl (C=O) groups is 1. The third-order valence-electron chi connectivity index (χ3n) is 4.14. The van der Waals surface area contributed by atoms with E-state index in [-0.39, 0.29) is 29.6 Å². The fourth-order valence-corrected chi connectivity index (χ4v) is 4.29. The number of fused-ring (bicyclic) bond motifs is 1. The number of sulfonamides is 1. The van der Waals surface area contributed by atoms with E-state index in [9.17, 15) is 13.2 Å². The summed E-state index contributed by atoms with van der Waals surface area (Å²) < 4.78 is 42.5. The molecule has 2 N–H and O–H groups in total. The Morgan fingerprint density at radius 1 is 1.22 bits per heavy atom. The smallest absolute Gasteiger partial charge is 0.330 e. The first-order chi connectivity index (χ1) is 12.9. The van der Waals surface area contributed by atoms with E-state index in [4.69, 9.17) is 20.1 Å². The maximum atomic E-state index is 13.1. The summed E-state index contributed by atoms with van der Waals surface area (Å²) in [7, 11) is -4.18. The molecule has 2 aromatic carbocycles. The lowest BCUT2D eigenvalue weighted by atomic mass is 10.1. The van der Waals surface area contributed by atoms with Gasteiger partial charge in [0.2, 0.25) is 6.79 Å². The van der Waals surface area contributed by atoms with Crippen LogP contribution < -0.4 is 15.3 Å². The lowest BCUT2D eigenvalue weighted by Gasteiger charge is -2.26. The standard InChI is InChI=1S/C18H20N2O6S/c1-3-24-18(21)16(13-8-6-9-14-17(13)26-11-25-14)20(19)27(22,23)15-10-5-4-7-12(15)2/h4-10,16H,3,11,19H2,1-2H3. The fourth-order valence-electron chi connectivity index (χ4n) is 2.86. The van der Waals surface area contributed by atoms with Gasteiger partial charge in [-0.3, -0.25) is 5.84 Å². The minimum Gasteiger partial charge on any atom is -0.464 e. The Morgan fingerprint density at radius 2 is 1.96 bits per heavy atom. The Kier molecular flexibility index (Phi) is 5.36. The average Bonchev–Trinajstić information content (AvgIpc) is 3.12. The third kappa shape index (κ3) is 3.48. The molecule has 0 bridgehead atoms. The second-order valence-electron chi connectivity index (χ2n) is 5.84. The molecule has 8 nitrogen and oxygen atoms in total. The van der Waals surface area contributed by atoms with Gasteiger partial charge in [-0.15, -0.1) is 4.41 Å². The first-order valence-electron chi connectivity index (χ1n) is 8.27. The number of nitrogens with zero attached hydrogens (tertiary/aromatic N) is 1. The normalized spacial score (nSPS) is 14.2. The van der Waals surface area contributed by atoms with Crippen molar-refractivity contribution in [2.24, 2.45) is 5.84 Å². The molecule has 1 heterocycles. The predicted molar refractivity (Wildman–Crippen MR) is 96.3 cm³/mol. The summed E-state index contributed by atoms with van der Waals surface area (Å²) in [6.45, 7) is 3.31. The summed E-state index contributed by atoms with van der Waals surface area (Å²) in [6.07, 6.45) is 0. The Labute approximate surface area is 157 Å². The van der Waals surface area contributed by atoms with Gasteiger partial charge in [-0.1, -0.05) is 30.3 Å². The number of benzene rings is 2. The van der Waals surface area contributed by atoms with Gasteiger partial charge in [0.25, 0.3) is 10.0 Å². The minimum absolute atomic E-state index is 0.00606. The fraction of sp³-hybridized carbons (Fsp3) is 0.278. The number of rotatable bonds is 6. The molecule has 1 aliphatic rings. The summed E-state index contributed by atoms with van der Waals surface area (Å²) >= 11 is 0. The molecule has 0 spiro atoms. The molecule has 2 aromatic rings. The van der Waals surface area contributed by atoms with E-state index < -0.39 is 22.0 Å². The number of nitrogens with two attached hydrogens (primary N) is 1. The van der Waals surface area contributed by atoms with Crippen LogP contribution in [0.25, 0.3) is 0 Å². The molecule has 144 valence electrons. The number of hydrazine groups is 1. The SMILES string of the molecule is CCOC(=O)C(c1cccc2c1OCO2)N(N)S(=O)(=O)c1ccccc1C. The highest BCUT2D eigenvalue weighted by Crippen LogP contribution is 2.41. The van der Waals surface area contributed by atoms with Crippen LogP contribution in [0.4, 0.5) is 0 Å². The maximum absolute atomic E-state index is 13.1. The molecule has 3 rings (SSSR count). The zero-order chi connectivity index (χ0) is 19.6. The molecule has 0 aliphatic carbocycles. The molecule has 0 fully saturated rings. The number of esters is 1. The highest BCUT2D eigenvalue weighted by atomic mass is 32.2. The summed E-state index contributed by atoms with van der Waals surface area (Å²) in [5.41, 5.74) is 0.761. The molecule has 1 unspecified atom stereocenters. The quantitative estimate of drug-likeness (QED) is 0.454. The van der Waals surface area contributed by atoms with Crippen molar-refractivity contribution in [2.75, 3.05) is 13.4 Å². The van der Waals surface area contributed by atoms with Gasteiger partial charge in [-0.2, -0.15) is 0 Å². The van der Waals surface area contributed by atoms with Crippen LogP contribution in [0.3, 0.4) is 0 Å². The highest BCUT2D eigenvalue weighted by Gasteiger charge is 2.39. The van der Waals surface area contributed by atoms with Crippen LogP contribution in [0.2, 0.25) is 0 Å². The first kappa shape index (κ1) is 19.2. The van der Waals surface area contributed by atoms with E-state index in [0.29, 0.717) is 15.7 Å². The van der Waals surface area contributed by atoms with E-state index >= 15 is 0 Å². The number of carbonyl (C=O) groups excluding carboxylic acids is 1. The third-order valence-corrected chi connectivity index (χ3v) is 5.91. The van der Waals surface area contributed by atoms with Crippen LogP contribution in [0, 0.1) is 6.92 Å². The van der Waals surface area contributed by atoms with Crippen molar-refractivity contribution in [3.8, 4) is 11.5 Å². The van der Waals surface area contributed by atoms with Crippen LogP contribution in [0.5, 0.6) is 11.5 Å². The van der Waals surface area contributed by atoms with Gasteiger partial charge in [0, 0.05) is 5.56 Å². The number of para-hydroxylation sites is 1.